The number of piperidine rings is 1. The van der Waals surface area contributed by atoms with Gasteiger partial charge in [0, 0.05) is 32.3 Å². The van der Waals surface area contributed by atoms with E-state index in [1.54, 1.807) is 0 Å². The number of nitrogens with zero attached hydrogens (tertiary/aromatic N) is 3. The van der Waals surface area contributed by atoms with Gasteiger partial charge in [-0.1, -0.05) is 6.92 Å². The van der Waals surface area contributed by atoms with Gasteiger partial charge in [0.2, 0.25) is 0 Å². The van der Waals surface area contributed by atoms with Crippen molar-refractivity contribution in [2.45, 2.75) is 52.1 Å². The smallest absolute Gasteiger partial charge is 0.317 e. The third-order valence-electron chi connectivity index (χ3n) is 4.32. The van der Waals surface area contributed by atoms with Gasteiger partial charge in [-0.25, -0.2) is 9.78 Å². The third-order valence-corrected chi connectivity index (χ3v) is 4.32. The number of nitrogens with one attached hydrogen (secondary N) is 1. The number of likely N-dealkylation sites (tertiary alicyclic amines) is 1. The first-order chi connectivity index (χ1) is 9.72. The lowest BCUT2D eigenvalue weighted by Crippen LogP contribution is -2.44. The fraction of sp³-hybridized carbons (Fsp3) is 0.733. The van der Waals surface area contributed by atoms with Crippen LogP contribution in [0.5, 0.6) is 0 Å². The summed E-state index contributed by atoms with van der Waals surface area (Å²) in [6.07, 6.45) is 7.98. The van der Waals surface area contributed by atoms with Crippen molar-refractivity contribution in [3.05, 3.63) is 17.7 Å². The Morgan fingerprint density at radius 3 is 3.10 bits per heavy atom. The molecule has 2 aliphatic heterocycles. The van der Waals surface area contributed by atoms with Crippen LogP contribution in [0.25, 0.3) is 0 Å². The molecule has 0 unspecified atom stereocenters. The van der Waals surface area contributed by atoms with Crippen molar-refractivity contribution in [1.82, 2.24) is 19.8 Å². The Morgan fingerprint density at radius 2 is 2.30 bits per heavy atom. The summed E-state index contributed by atoms with van der Waals surface area (Å²) in [5.41, 5.74) is 0.986. The lowest BCUT2D eigenvalue weighted by Gasteiger charge is -2.30. The van der Waals surface area contributed by atoms with Crippen LogP contribution in [0.1, 0.15) is 44.1 Å². The average molecular weight is 276 g/mol. The van der Waals surface area contributed by atoms with E-state index in [1.165, 1.54) is 25.1 Å². The van der Waals surface area contributed by atoms with Crippen LogP contribution < -0.4 is 5.32 Å². The second-order valence-corrected chi connectivity index (χ2v) is 6.15. The van der Waals surface area contributed by atoms with E-state index in [0.29, 0.717) is 12.5 Å². The van der Waals surface area contributed by atoms with E-state index in [2.05, 4.69) is 28.0 Å². The van der Waals surface area contributed by atoms with E-state index in [9.17, 15) is 4.79 Å². The minimum Gasteiger partial charge on any atom is -0.335 e. The highest BCUT2D eigenvalue weighted by atomic mass is 16.2. The highest BCUT2D eigenvalue weighted by Gasteiger charge is 2.21. The minimum absolute atomic E-state index is 0.0579. The van der Waals surface area contributed by atoms with Gasteiger partial charge in [-0.2, -0.15) is 0 Å². The first kappa shape index (κ1) is 13.5. The molecule has 1 saturated heterocycles. The summed E-state index contributed by atoms with van der Waals surface area (Å²) in [7, 11) is 0. The predicted molar refractivity (Wildman–Crippen MR) is 77.4 cm³/mol. The van der Waals surface area contributed by atoms with Gasteiger partial charge in [-0.15, -0.1) is 0 Å². The number of hydrogen-bond donors (Lipinski definition) is 1. The number of carbonyl (C=O) groups is 1. The van der Waals surface area contributed by atoms with Crippen molar-refractivity contribution >= 4 is 6.03 Å². The van der Waals surface area contributed by atoms with Crippen molar-refractivity contribution in [3.8, 4) is 0 Å². The zero-order valence-corrected chi connectivity index (χ0v) is 12.3. The van der Waals surface area contributed by atoms with E-state index in [1.807, 2.05) is 4.90 Å². The van der Waals surface area contributed by atoms with Gasteiger partial charge in [0.25, 0.3) is 0 Å². The standard InChI is InChI=1S/C15H24N4O/c1-12-5-4-8-19(10-12)15(20)16-9-13-11-18-7-3-2-6-14(18)17-13/h11-12H,2-10H2,1H3,(H,16,20)/t12-/m0/s1. The minimum atomic E-state index is 0.0579. The summed E-state index contributed by atoms with van der Waals surface area (Å²) in [6, 6.07) is 0.0579. The Balaban J connectivity index is 1.53. The molecule has 3 heterocycles. The molecule has 1 atom stereocenters. The Hall–Kier alpha value is -1.52. The Morgan fingerprint density at radius 1 is 1.40 bits per heavy atom. The highest BCUT2D eigenvalue weighted by Crippen LogP contribution is 2.16. The molecular weight excluding hydrogens is 252 g/mol. The van der Waals surface area contributed by atoms with Crippen molar-refractivity contribution in [1.29, 1.82) is 0 Å². The monoisotopic (exact) mass is 276 g/mol. The van der Waals surface area contributed by atoms with Crippen LogP contribution in [0.15, 0.2) is 6.20 Å². The van der Waals surface area contributed by atoms with Crippen molar-refractivity contribution in [2.24, 2.45) is 5.92 Å². The maximum atomic E-state index is 12.1. The molecule has 5 heteroatoms. The summed E-state index contributed by atoms with van der Waals surface area (Å²) >= 11 is 0. The second-order valence-electron chi connectivity index (χ2n) is 6.15. The Bertz CT molecular complexity index is 459. The molecular formula is C15H24N4O. The Kier molecular flexibility index (Phi) is 3.94. The summed E-state index contributed by atoms with van der Waals surface area (Å²) < 4.78 is 2.23. The van der Waals surface area contributed by atoms with Crippen LogP contribution >= 0.6 is 0 Å². The normalized spacial score (nSPS) is 22.4. The molecule has 1 aromatic rings. The second kappa shape index (κ2) is 5.85. The first-order valence-electron chi connectivity index (χ1n) is 7.80. The number of hydrogen-bond acceptors (Lipinski definition) is 2. The zero-order chi connectivity index (χ0) is 13.9. The van der Waals surface area contributed by atoms with E-state index >= 15 is 0 Å². The molecule has 20 heavy (non-hydrogen) atoms. The van der Waals surface area contributed by atoms with Crippen LogP contribution in [-0.2, 0) is 19.5 Å². The van der Waals surface area contributed by atoms with Gasteiger partial charge >= 0.3 is 6.03 Å². The molecule has 0 spiro atoms. The van der Waals surface area contributed by atoms with Gasteiger partial charge in [0.05, 0.1) is 12.2 Å². The summed E-state index contributed by atoms with van der Waals surface area (Å²) in [6.45, 7) is 5.59. The van der Waals surface area contributed by atoms with E-state index < -0.39 is 0 Å². The predicted octanol–water partition coefficient (Wildman–Crippen LogP) is 2.16. The number of carbonyl (C=O) groups excluding carboxylic acids is 1. The molecule has 5 nitrogen and oxygen atoms in total. The van der Waals surface area contributed by atoms with Crippen molar-refractivity contribution in [3.63, 3.8) is 0 Å². The summed E-state index contributed by atoms with van der Waals surface area (Å²) in [5, 5.41) is 3.01. The largest absolute Gasteiger partial charge is 0.335 e. The molecule has 0 aliphatic carbocycles. The van der Waals surface area contributed by atoms with Crippen molar-refractivity contribution < 1.29 is 4.79 Å². The van der Waals surface area contributed by atoms with Crippen LogP contribution in [0.4, 0.5) is 4.79 Å². The van der Waals surface area contributed by atoms with Crippen molar-refractivity contribution in [2.75, 3.05) is 13.1 Å². The maximum Gasteiger partial charge on any atom is 0.317 e. The van der Waals surface area contributed by atoms with Crippen LogP contribution in [0.3, 0.4) is 0 Å². The molecule has 1 aromatic heterocycles. The van der Waals surface area contributed by atoms with Gasteiger partial charge in [-0.05, 0) is 31.6 Å². The number of fused-ring (bicyclic) bond motifs is 1. The molecule has 1 fully saturated rings. The number of amides is 2. The molecule has 110 valence electrons. The number of imidazole rings is 1. The van der Waals surface area contributed by atoms with Crippen LogP contribution in [0, 0.1) is 5.92 Å². The lowest BCUT2D eigenvalue weighted by atomic mass is 10.0. The average Bonchev–Trinajstić information content (AvgIpc) is 2.87. The molecule has 0 radical (unpaired) electrons. The van der Waals surface area contributed by atoms with Gasteiger partial charge in [0.1, 0.15) is 5.82 Å². The number of aromatic nitrogens is 2. The number of aryl methyl sites for hydroxylation is 2. The molecule has 0 aromatic carbocycles. The maximum absolute atomic E-state index is 12.1. The van der Waals surface area contributed by atoms with Crippen LogP contribution in [-0.4, -0.2) is 33.6 Å². The fourth-order valence-corrected chi connectivity index (χ4v) is 3.21. The third kappa shape index (κ3) is 2.97. The lowest BCUT2D eigenvalue weighted by molar-refractivity contribution is 0.169. The fourth-order valence-electron chi connectivity index (χ4n) is 3.21. The molecule has 2 aliphatic rings. The zero-order valence-electron chi connectivity index (χ0n) is 12.3. The van der Waals surface area contributed by atoms with Crippen LogP contribution in [0.2, 0.25) is 0 Å². The molecule has 2 amide bonds. The van der Waals surface area contributed by atoms with E-state index in [-0.39, 0.29) is 6.03 Å². The number of rotatable bonds is 2. The quantitative estimate of drug-likeness (QED) is 0.900. The van der Waals surface area contributed by atoms with E-state index in [0.717, 1.165) is 38.2 Å². The number of urea groups is 1. The van der Waals surface area contributed by atoms with E-state index in [4.69, 9.17) is 0 Å². The molecule has 1 N–H and O–H groups in total. The highest BCUT2D eigenvalue weighted by molar-refractivity contribution is 5.74. The summed E-state index contributed by atoms with van der Waals surface area (Å²) in [5.74, 6) is 1.79. The summed E-state index contributed by atoms with van der Waals surface area (Å²) in [4.78, 5) is 18.7. The molecule has 0 bridgehead atoms. The Labute approximate surface area is 120 Å². The molecule has 3 rings (SSSR count). The van der Waals surface area contributed by atoms with Gasteiger partial charge in [-0.3, -0.25) is 0 Å². The topological polar surface area (TPSA) is 50.2 Å². The van der Waals surface area contributed by atoms with Gasteiger partial charge < -0.3 is 14.8 Å². The first-order valence-corrected chi connectivity index (χ1v) is 7.80. The molecule has 0 saturated carbocycles. The SMILES string of the molecule is C[C@H]1CCCN(C(=O)NCc2cn3c(n2)CCCC3)C1. The van der Waals surface area contributed by atoms with Gasteiger partial charge in [0.15, 0.2) is 0 Å².